The third kappa shape index (κ3) is 3.59. The van der Waals surface area contributed by atoms with Gasteiger partial charge in [-0.25, -0.2) is 0 Å². The molecule has 1 rings (SSSR count). The molecule has 0 saturated carbocycles. The Morgan fingerprint density at radius 1 is 1.35 bits per heavy atom. The topological polar surface area (TPSA) is 57.6 Å². The molecule has 1 atom stereocenters. The van der Waals surface area contributed by atoms with Gasteiger partial charge in [-0.05, 0) is 12.1 Å². The summed E-state index contributed by atoms with van der Waals surface area (Å²) in [5, 5.41) is 8.66. The number of nitrogens with zero attached hydrogens (tertiary/aromatic N) is 1. The van der Waals surface area contributed by atoms with Crippen molar-refractivity contribution in [1.29, 1.82) is 0 Å². The smallest absolute Gasteiger partial charge is 0.304 e. The lowest BCUT2D eigenvalue weighted by Crippen LogP contribution is -2.16. The van der Waals surface area contributed by atoms with Gasteiger partial charge in [-0.3, -0.25) is 9.59 Å². The van der Waals surface area contributed by atoms with E-state index < -0.39 is 11.9 Å². The summed E-state index contributed by atoms with van der Waals surface area (Å²) in [5.74, 6) is -1.57. The van der Waals surface area contributed by atoms with Crippen molar-refractivity contribution in [2.75, 3.05) is 19.0 Å². The number of Topliss-reactive ketones (excluding diaryl/α,β-unsaturated/α-hetero) is 1. The summed E-state index contributed by atoms with van der Waals surface area (Å²) in [7, 11) is 3.79. The fraction of sp³-hybridized carbons (Fsp3) is 0.385. The van der Waals surface area contributed by atoms with E-state index in [0.717, 1.165) is 5.69 Å². The number of ketones is 1. The molecule has 1 aromatic carbocycles. The third-order valence-electron chi connectivity index (χ3n) is 2.58. The summed E-state index contributed by atoms with van der Waals surface area (Å²) in [6, 6.07) is 7.20. The van der Waals surface area contributed by atoms with Crippen LogP contribution in [0.5, 0.6) is 0 Å². The molecule has 0 radical (unpaired) electrons. The van der Waals surface area contributed by atoms with Crippen LogP contribution in [0, 0.1) is 5.92 Å². The number of aliphatic carboxylic acids is 1. The maximum Gasteiger partial charge on any atom is 0.304 e. The van der Waals surface area contributed by atoms with Crippen molar-refractivity contribution in [2.24, 2.45) is 5.92 Å². The average molecular weight is 235 g/mol. The molecule has 0 aliphatic rings. The van der Waals surface area contributed by atoms with Gasteiger partial charge in [0.25, 0.3) is 0 Å². The normalized spacial score (nSPS) is 11.9. The zero-order valence-electron chi connectivity index (χ0n) is 10.3. The van der Waals surface area contributed by atoms with E-state index in [2.05, 4.69) is 0 Å². The number of carboxylic acid groups (broad SMARTS) is 1. The molecule has 0 bridgehead atoms. The number of anilines is 1. The van der Waals surface area contributed by atoms with Gasteiger partial charge >= 0.3 is 5.97 Å². The highest BCUT2D eigenvalue weighted by Gasteiger charge is 2.18. The number of carbonyl (C=O) groups excluding carboxylic acids is 1. The first-order valence-electron chi connectivity index (χ1n) is 5.45. The number of hydrogen-bond donors (Lipinski definition) is 1. The second-order valence-corrected chi connectivity index (χ2v) is 4.31. The van der Waals surface area contributed by atoms with Crippen LogP contribution >= 0.6 is 0 Å². The van der Waals surface area contributed by atoms with Crippen LogP contribution in [0.3, 0.4) is 0 Å². The van der Waals surface area contributed by atoms with Crippen molar-refractivity contribution in [3.8, 4) is 0 Å². The second-order valence-electron chi connectivity index (χ2n) is 4.31. The Bertz CT molecular complexity index is 426. The zero-order chi connectivity index (χ0) is 13.0. The molecule has 0 unspecified atom stereocenters. The predicted molar refractivity (Wildman–Crippen MR) is 66.5 cm³/mol. The Labute approximate surface area is 101 Å². The Hall–Kier alpha value is -1.84. The monoisotopic (exact) mass is 235 g/mol. The van der Waals surface area contributed by atoms with E-state index in [0.29, 0.717) is 5.56 Å². The molecule has 0 spiro atoms. The van der Waals surface area contributed by atoms with Gasteiger partial charge < -0.3 is 10.0 Å². The molecule has 1 N–H and O–H groups in total. The molecule has 0 aliphatic carbocycles. The van der Waals surface area contributed by atoms with E-state index >= 15 is 0 Å². The number of hydrogen-bond acceptors (Lipinski definition) is 3. The Balaban J connectivity index is 2.88. The number of carboxylic acids is 1. The molecular formula is C13H17NO3. The van der Waals surface area contributed by atoms with E-state index in [4.69, 9.17) is 5.11 Å². The van der Waals surface area contributed by atoms with Gasteiger partial charge in [0.2, 0.25) is 0 Å². The SMILES string of the molecule is C[C@H](CC(=O)O)C(=O)c1cccc(N(C)C)c1. The molecule has 4 nitrogen and oxygen atoms in total. The highest BCUT2D eigenvalue weighted by atomic mass is 16.4. The lowest BCUT2D eigenvalue weighted by atomic mass is 9.96. The van der Waals surface area contributed by atoms with Gasteiger partial charge in [-0.15, -0.1) is 0 Å². The summed E-state index contributed by atoms with van der Waals surface area (Å²) in [5.41, 5.74) is 1.49. The second kappa shape index (κ2) is 5.48. The molecule has 0 heterocycles. The van der Waals surface area contributed by atoms with Crippen LogP contribution in [0.2, 0.25) is 0 Å². The molecule has 0 saturated heterocycles. The van der Waals surface area contributed by atoms with Gasteiger partial charge in [-0.1, -0.05) is 19.1 Å². The summed E-state index contributed by atoms with van der Waals surface area (Å²) in [6.45, 7) is 1.64. The molecule has 0 fully saturated rings. The zero-order valence-corrected chi connectivity index (χ0v) is 10.3. The lowest BCUT2D eigenvalue weighted by molar-refractivity contribution is -0.137. The number of rotatable bonds is 5. The van der Waals surface area contributed by atoms with Crippen LogP contribution in [0.1, 0.15) is 23.7 Å². The minimum Gasteiger partial charge on any atom is -0.481 e. The van der Waals surface area contributed by atoms with E-state index in [9.17, 15) is 9.59 Å². The summed E-state index contributed by atoms with van der Waals surface area (Å²) < 4.78 is 0. The van der Waals surface area contributed by atoms with Crippen LogP contribution in [-0.2, 0) is 4.79 Å². The van der Waals surface area contributed by atoms with Crippen LogP contribution in [0.15, 0.2) is 24.3 Å². The summed E-state index contributed by atoms with van der Waals surface area (Å²) >= 11 is 0. The van der Waals surface area contributed by atoms with Gasteiger partial charge in [-0.2, -0.15) is 0 Å². The van der Waals surface area contributed by atoms with Gasteiger partial charge in [0.15, 0.2) is 5.78 Å². The van der Waals surface area contributed by atoms with Crippen molar-refractivity contribution in [3.05, 3.63) is 29.8 Å². The van der Waals surface area contributed by atoms with Crippen molar-refractivity contribution in [1.82, 2.24) is 0 Å². The average Bonchev–Trinajstić information content (AvgIpc) is 2.27. The summed E-state index contributed by atoms with van der Waals surface area (Å²) in [4.78, 5) is 24.4. The first kappa shape index (κ1) is 13.2. The minimum atomic E-state index is -0.949. The Morgan fingerprint density at radius 2 is 2.00 bits per heavy atom. The molecule has 0 aromatic heterocycles. The van der Waals surface area contributed by atoms with Crippen LogP contribution < -0.4 is 4.90 Å². The first-order valence-corrected chi connectivity index (χ1v) is 5.45. The van der Waals surface area contributed by atoms with Crippen molar-refractivity contribution < 1.29 is 14.7 Å². The number of carbonyl (C=O) groups is 2. The van der Waals surface area contributed by atoms with Crippen molar-refractivity contribution >= 4 is 17.4 Å². The summed E-state index contributed by atoms with van der Waals surface area (Å²) in [6.07, 6.45) is -0.134. The maximum atomic E-state index is 12.0. The highest BCUT2D eigenvalue weighted by Crippen LogP contribution is 2.17. The first-order chi connectivity index (χ1) is 7.91. The van der Waals surface area contributed by atoms with Crippen LogP contribution in [0.4, 0.5) is 5.69 Å². The van der Waals surface area contributed by atoms with Crippen molar-refractivity contribution in [3.63, 3.8) is 0 Å². The largest absolute Gasteiger partial charge is 0.481 e. The fourth-order valence-electron chi connectivity index (χ4n) is 1.58. The van der Waals surface area contributed by atoms with Gasteiger partial charge in [0.1, 0.15) is 0 Å². The fourth-order valence-corrected chi connectivity index (χ4v) is 1.58. The standard InChI is InChI=1S/C13H17NO3/c1-9(7-12(15)16)13(17)10-5-4-6-11(8-10)14(2)3/h4-6,8-9H,7H2,1-3H3,(H,15,16)/t9-/m1/s1. The van der Waals surface area contributed by atoms with Crippen LogP contribution in [0.25, 0.3) is 0 Å². The van der Waals surface area contributed by atoms with Crippen LogP contribution in [-0.4, -0.2) is 31.0 Å². The van der Waals surface area contributed by atoms with E-state index in [1.165, 1.54) is 0 Å². The number of benzene rings is 1. The third-order valence-corrected chi connectivity index (χ3v) is 2.58. The Kier molecular flexibility index (Phi) is 4.26. The molecule has 17 heavy (non-hydrogen) atoms. The molecular weight excluding hydrogens is 218 g/mol. The molecule has 0 aliphatic heterocycles. The molecule has 4 heteroatoms. The van der Waals surface area contributed by atoms with Gasteiger partial charge in [0, 0.05) is 31.3 Å². The Morgan fingerprint density at radius 3 is 2.53 bits per heavy atom. The molecule has 92 valence electrons. The highest BCUT2D eigenvalue weighted by molar-refractivity contribution is 5.99. The quantitative estimate of drug-likeness (QED) is 0.793. The maximum absolute atomic E-state index is 12.0. The van der Waals surface area contributed by atoms with Crippen molar-refractivity contribution in [2.45, 2.75) is 13.3 Å². The van der Waals surface area contributed by atoms with E-state index in [1.54, 1.807) is 25.1 Å². The minimum absolute atomic E-state index is 0.129. The molecule has 1 aromatic rings. The van der Waals surface area contributed by atoms with E-state index in [1.807, 2.05) is 25.1 Å². The predicted octanol–water partition coefficient (Wildman–Crippen LogP) is 2.05. The van der Waals surface area contributed by atoms with Gasteiger partial charge in [0.05, 0.1) is 6.42 Å². The molecule has 0 amide bonds. The van der Waals surface area contributed by atoms with E-state index in [-0.39, 0.29) is 12.2 Å². The lowest BCUT2D eigenvalue weighted by Gasteiger charge is -2.14.